The molecule has 0 spiro atoms. The Kier molecular flexibility index (Phi) is 2.99. The molecule has 1 unspecified atom stereocenters. The molecule has 0 aliphatic heterocycles. The Labute approximate surface area is 71.8 Å². The van der Waals surface area contributed by atoms with Gasteiger partial charge in [0.2, 0.25) is 0 Å². The maximum atomic E-state index is 5.51. The first-order valence-corrected chi connectivity index (χ1v) is 3.83. The fourth-order valence-electron chi connectivity index (χ4n) is 0.965. The van der Waals surface area contributed by atoms with Crippen molar-refractivity contribution in [2.24, 2.45) is 5.73 Å². The van der Waals surface area contributed by atoms with Gasteiger partial charge >= 0.3 is 0 Å². The van der Waals surface area contributed by atoms with Crippen LogP contribution in [0, 0.1) is 0 Å². The number of hydrogen-bond acceptors (Lipinski definition) is 4. The van der Waals surface area contributed by atoms with E-state index in [0.29, 0.717) is 12.3 Å². The molecule has 66 valence electrons. The first-order chi connectivity index (χ1) is 5.79. The molecule has 0 radical (unpaired) electrons. The fourth-order valence-corrected chi connectivity index (χ4v) is 0.965. The monoisotopic (exact) mass is 167 g/mol. The predicted octanol–water partition coefficient (Wildman–Crippen LogP) is 0.547. The average Bonchev–Trinajstić information content (AvgIpc) is 2.16. The van der Waals surface area contributed by atoms with Gasteiger partial charge in [-0.1, -0.05) is 6.92 Å². The van der Waals surface area contributed by atoms with Crippen molar-refractivity contribution in [3.8, 4) is 5.75 Å². The molecule has 1 heterocycles. The highest BCUT2D eigenvalue weighted by atomic mass is 16.5. The van der Waals surface area contributed by atoms with Crippen LogP contribution in [0.15, 0.2) is 12.5 Å². The van der Waals surface area contributed by atoms with Crippen LogP contribution in [0.1, 0.15) is 18.5 Å². The Morgan fingerprint density at radius 1 is 1.67 bits per heavy atom. The van der Waals surface area contributed by atoms with Gasteiger partial charge in [0.25, 0.3) is 0 Å². The highest BCUT2D eigenvalue weighted by Gasteiger charge is 2.10. The molecule has 4 heteroatoms. The van der Waals surface area contributed by atoms with Crippen molar-refractivity contribution in [1.29, 1.82) is 0 Å². The summed E-state index contributed by atoms with van der Waals surface area (Å²) in [5, 5.41) is 0. The Hall–Kier alpha value is -1.16. The van der Waals surface area contributed by atoms with Crippen molar-refractivity contribution >= 4 is 0 Å². The molecule has 4 nitrogen and oxygen atoms in total. The fraction of sp³-hybridized carbons (Fsp3) is 0.500. The zero-order chi connectivity index (χ0) is 8.97. The van der Waals surface area contributed by atoms with Crippen molar-refractivity contribution in [3.05, 3.63) is 18.2 Å². The molecule has 0 aliphatic carbocycles. The van der Waals surface area contributed by atoms with Gasteiger partial charge in [-0.25, -0.2) is 9.97 Å². The number of methoxy groups -OCH3 is 1. The molecule has 1 aromatic rings. The van der Waals surface area contributed by atoms with Gasteiger partial charge in [-0.2, -0.15) is 0 Å². The van der Waals surface area contributed by atoms with E-state index >= 15 is 0 Å². The number of aromatic nitrogens is 2. The summed E-state index contributed by atoms with van der Waals surface area (Å²) in [6.45, 7) is 2.57. The third-order valence-electron chi connectivity index (χ3n) is 1.75. The summed E-state index contributed by atoms with van der Waals surface area (Å²) in [4.78, 5) is 7.96. The second-order valence-electron chi connectivity index (χ2n) is 2.61. The highest BCUT2D eigenvalue weighted by Crippen LogP contribution is 2.21. The third kappa shape index (κ3) is 1.71. The molecule has 1 atom stereocenters. The minimum atomic E-state index is 0.211. The zero-order valence-corrected chi connectivity index (χ0v) is 7.32. The summed E-state index contributed by atoms with van der Waals surface area (Å²) in [6, 6.07) is 0. The van der Waals surface area contributed by atoms with E-state index in [1.807, 2.05) is 6.92 Å². The van der Waals surface area contributed by atoms with Crippen molar-refractivity contribution < 1.29 is 4.74 Å². The Morgan fingerprint density at radius 3 is 3.00 bits per heavy atom. The number of nitrogens with zero attached hydrogens (tertiary/aromatic N) is 2. The molecule has 0 aliphatic rings. The summed E-state index contributed by atoms with van der Waals surface area (Å²) in [6.07, 6.45) is 3.15. The normalized spacial score (nSPS) is 12.6. The SMILES string of the molecule is COc1cncnc1C(C)CN. The van der Waals surface area contributed by atoms with E-state index in [4.69, 9.17) is 10.5 Å². The summed E-state index contributed by atoms with van der Waals surface area (Å²) < 4.78 is 5.09. The summed E-state index contributed by atoms with van der Waals surface area (Å²) in [5.41, 5.74) is 6.38. The molecular weight excluding hydrogens is 154 g/mol. The maximum absolute atomic E-state index is 5.51. The van der Waals surface area contributed by atoms with Gasteiger partial charge in [0.05, 0.1) is 19.0 Å². The Balaban J connectivity index is 2.96. The van der Waals surface area contributed by atoms with Crippen LogP contribution in [-0.4, -0.2) is 23.6 Å². The summed E-state index contributed by atoms with van der Waals surface area (Å²) in [5.74, 6) is 0.915. The lowest BCUT2D eigenvalue weighted by Crippen LogP contribution is -2.11. The summed E-state index contributed by atoms with van der Waals surface area (Å²) >= 11 is 0. The van der Waals surface area contributed by atoms with Crippen LogP contribution in [-0.2, 0) is 0 Å². The van der Waals surface area contributed by atoms with Crippen molar-refractivity contribution in [2.75, 3.05) is 13.7 Å². The van der Waals surface area contributed by atoms with Gasteiger partial charge in [0.15, 0.2) is 5.75 Å². The molecule has 12 heavy (non-hydrogen) atoms. The lowest BCUT2D eigenvalue weighted by molar-refractivity contribution is 0.401. The lowest BCUT2D eigenvalue weighted by atomic mass is 10.1. The minimum absolute atomic E-state index is 0.211. The second-order valence-corrected chi connectivity index (χ2v) is 2.61. The molecule has 0 amide bonds. The molecule has 0 saturated carbocycles. The largest absolute Gasteiger partial charge is 0.493 e. The number of rotatable bonds is 3. The van der Waals surface area contributed by atoms with Crippen LogP contribution >= 0.6 is 0 Å². The molecular formula is C8H13N3O. The number of hydrogen-bond donors (Lipinski definition) is 1. The zero-order valence-electron chi connectivity index (χ0n) is 7.32. The van der Waals surface area contributed by atoms with E-state index < -0.39 is 0 Å². The van der Waals surface area contributed by atoms with E-state index in [2.05, 4.69) is 9.97 Å². The predicted molar refractivity (Wildman–Crippen MR) is 46.1 cm³/mol. The van der Waals surface area contributed by atoms with E-state index in [9.17, 15) is 0 Å². The van der Waals surface area contributed by atoms with Gasteiger partial charge < -0.3 is 10.5 Å². The van der Waals surface area contributed by atoms with Crippen molar-refractivity contribution in [2.45, 2.75) is 12.8 Å². The maximum Gasteiger partial charge on any atom is 0.158 e. The minimum Gasteiger partial charge on any atom is -0.493 e. The van der Waals surface area contributed by atoms with Gasteiger partial charge in [-0.15, -0.1) is 0 Å². The quantitative estimate of drug-likeness (QED) is 0.714. The van der Waals surface area contributed by atoms with Gasteiger partial charge in [-0.05, 0) is 0 Å². The van der Waals surface area contributed by atoms with E-state index in [1.165, 1.54) is 6.33 Å². The molecule has 0 aromatic carbocycles. The van der Waals surface area contributed by atoms with E-state index in [-0.39, 0.29) is 5.92 Å². The van der Waals surface area contributed by atoms with Crippen LogP contribution in [0.2, 0.25) is 0 Å². The third-order valence-corrected chi connectivity index (χ3v) is 1.75. The van der Waals surface area contributed by atoms with Gasteiger partial charge in [0.1, 0.15) is 6.33 Å². The molecule has 1 rings (SSSR count). The first-order valence-electron chi connectivity index (χ1n) is 3.83. The van der Waals surface area contributed by atoms with Crippen LogP contribution < -0.4 is 10.5 Å². The van der Waals surface area contributed by atoms with E-state index in [0.717, 1.165) is 5.69 Å². The molecule has 0 saturated heterocycles. The van der Waals surface area contributed by atoms with Crippen LogP contribution in [0.4, 0.5) is 0 Å². The highest BCUT2D eigenvalue weighted by molar-refractivity contribution is 5.26. The van der Waals surface area contributed by atoms with Crippen molar-refractivity contribution in [1.82, 2.24) is 9.97 Å². The van der Waals surface area contributed by atoms with Gasteiger partial charge in [-0.3, -0.25) is 0 Å². The second kappa shape index (κ2) is 4.01. The Bertz CT molecular complexity index is 252. The van der Waals surface area contributed by atoms with Gasteiger partial charge in [0, 0.05) is 12.5 Å². The first kappa shape index (κ1) is 8.93. The van der Waals surface area contributed by atoms with Crippen molar-refractivity contribution in [3.63, 3.8) is 0 Å². The summed E-state index contributed by atoms with van der Waals surface area (Å²) in [7, 11) is 1.60. The van der Waals surface area contributed by atoms with Crippen LogP contribution in [0.5, 0.6) is 5.75 Å². The number of ether oxygens (including phenoxy) is 1. The van der Waals surface area contributed by atoms with Crippen LogP contribution in [0.3, 0.4) is 0 Å². The topological polar surface area (TPSA) is 61.0 Å². The lowest BCUT2D eigenvalue weighted by Gasteiger charge is -2.10. The molecule has 2 N–H and O–H groups in total. The van der Waals surface area contributed by atoms with Crippen LogP contribution in [0.25, 0.3) is 0 Å². The van der Waals surface area contributed by atoms with E-state index in [1.54, 1.807) is 13.3 Å². The molecule has 0 fully saturated rings. The Morgan fingerprint density at radius 2 is 2.42 bits per heavy atom. The molecule has 1 aromatic heterocycles. The standard InChI is InChI=1S/C8H13N3O/c1-6(3-9)8-7(12-2)4-10-5-11-8/h4-6H,3,9H2,1-2H3. The number of nitrogens with two attached hydrogens (primary N) is 1. The smallest absolute Gasteiger partial charge is 0.158 e. The molecule has 0 bridgehead atoms. The average molecular weight is 167 g/mol.